The van der Waals surface area contributed by atoms with Crippen LogP contribution in [0.5, 0.6) is 5.75 Å². The number of carbonyl (C=O) groups excluding carboxylic acids is 3. The number of benzene rings is 3. The molecule has 194 valence electrons. The molecular formula is C29H26FN3O4S. The van der Waals surface area contributed by atoms with Crippen molar-refractivity contribution in [2.24, 2.45) is 0 Å². The molecule has 2 fully saturated rings. The Labute approximate surface area is 224 Å². The van der Waals surface area contributed by atoms with Crippen molar-refractivity contribution >= 4 is 40.6 Å². The summed E-state index contributed by atoms with van der Waals surface area (Å²) in [5, 5.41) is -0.470. The number of piperazine rings is 1. The molecule has 0 radical (unpaired) electrons. The van der Waals surface area contributed by atoms with Gasteiger partial charge in [-0.1, -0.05) is 48.5 Å². The van der Waals surface area contributed by atoms with Gasteiger partial charge in [-0.15, -0.1) is 0 Å². The van der Waals surface area contributed by atoms with Crippen molar-refractivity contribution in [3.63, 3.8) is 0 Å². The second kappa shape index (κ2) is 11.5. The molecule has 0 bridgehead atoms. The Balaban J connectivity index is 1.21. The van der Waals surface area contributed by atoms with Crippen molar-refractivity contribution in [1.82, 2.24) is 9.80 Å². The fourth-order valence-corrected chi connectivity index (χ4v) is 5.17. The third-order valence-corrected chi connectivity index (χ3v) is 7.34. The predicted molar refractivity (Wildman–Crippen MR) is 145 cm³/mol. The smallest absolute Gasteiger partial charge is 0.294 e. The van der Waals surface area contributed by atoms with Gasteiger partial charge in [-0.2, -0.15) is 0 Å². The fraction of sp³-hybridized carbons (Fsp3) is 0.207. The predicted octanol–water partition coefficient (Wildman–Crippen LogP) is 4.79. The maximum absolute atomic E-state index is 13.2. The number of para-hydroxylation sites is 2. The fourth-order valence-electron chi connectivity index (χ4n) is 4.34. The minimum atomic E-state index is -0.496. The summed E-state index contributed by atoms with van der Waals surface area (Å²) < 4.78 is 19.1. The summed E-state index contributed by atoms with van der Waals surface area (Å²) in [4.78, 5) is 43.8. The van der Waals surface area contributed by atoms with Gasteiger partial charge in [-0.3, -0.25) is 19.3 Å². The van der Waals surface area contributed by atoms with Crippen molar-refractivity contribution in [3.8, 4) is 5.75 Å². The molecule has 0 spiro atoms. The summed E-state index contributed by atoms with van der Waals surface area (Å²) in [5.74, 6) is -0.539. The van der Waals surface area contributed by atoms with Gasteiger partial charge in [0.1, 0.15) is 24.7 Å². The molecule has 38 heavy (non-hydrogen) atoms. The lowest BCUT2D eigenvalue weighted by Gasteiger charge is -2.36. The van der Waals surface area contributed by atoms with Gasteiger partial charge < -0.3 is 14.5 Å². The number of ether oxygens (including phenoxy) is 1. The van der Waals surface area contributed by atoms with Crippen LogP contribution in [-0.2, 0) is 16.2 Å². The summed E-state index contributed by atoms with van der Waals surface area (Å²) in [6.07, 6.45) is 1.61. The van der Waals surface area contributed by atoms with Crippen LogP contribution >= 0.6 is 11.8 Å². The van der Waals surface area contributed by atoms with Crippen LogP contribution in [0.1, 0.15) is 11.1 Å². The first-order valence-corrected chi connectivity index (χ1v) is 13.1. The highest BCUT2D eigenvalue weighted by Gasteiger charge is 2.37. The Kier molecular flexibility index (Phi) is 7.74. The van der Waals surface area contributed by atoms with Gasteiger partial charge in [0.05, 0.1) is 4.91 Å². The number of thioether (sulfide) groups is 1. The second-order valence-electron chi connectivity index (χ2n) is 8.92. The molecule has 3 aromatic carbocycles. The molecule has 0 N–H and O–H groups in total. The van der Waals surface area contributed by atoms with E-state index in [1.807, 2.05) is 30.3 Å². The number of anilines is 1. The Morgan fingerprint density at radius 3 is 2.32 bits per heavy atom. The number of rotatable bonds is 7. The van der Waals surface area contributed by atoms with Gasteiger partial charge in [-0.05, 0) is 53.7 Å². The first kappa shape index (κ1) is 25.5. The van der Waals surface area contributed by atoms with E-state index in [4.69, 9.17) is 4.74 Å². The van der Waals surface area contributed by atoms with Gasteiger partial charge in [0.2, 0.25) is 5.91 Å². The van der Waals surface area contributed by atoms with Crippen molar-refractivity contribution in [1.29, 1.82) is 0 Å². The third kappa shape index (κ3) is 5.89. The Hall–Kier alpha value is -4.11. The van der Waals surface area contributed by atoms with Crippen LogP contribution in [0.4, 0.5) is 14.9 Å². The molecule has 0 saturated carbocycles. The highest BCUT2D eigenvalue weighted by molar-refractivity contribution is 8.18. The quantitative estimate of drug-likeness (QED) is 0.409. The van der Waals surface area contributed by atoms with Crippen molar-refractivity contribution in [3.05, 3.63) is 101 Å². The van der Waals surface area contributed by atoms with Crippen LogP contribution in [0.3, 0.4) is 0 Å². The lowest BCUT2D eigenvalue weighted by Crippen LogP contribution is -2.51. The molecule has 0 atom stereocenters. The third-order valence-electron chi connectivity index (χ3n) is 6.43. The van der Waals surface area contributed by atoms with Gasteiger partial charge in [-0.25, -0.2) is 4.39 Å². The Bertz CT molecular complexity index is 1360. The van der Waals surface area contributed by atoms with Gasteiger partial charge in [0.15, 0.2) is 0 Å². The van der Waals surface area contributed by atoms with Crippen LogP contribution in [0.2, 0.25) is 0 Å². The lowest BCUT2D eigenvalue weighted by atomic mass is 10.1. The summed E-state index contributed by atoms with van der Waals surface area (Å²) in [5.41, 5.74) is 2.53. The summed E-state index contributed by atoms with van der Waals surface area (Å²) in [7, 11) is 0. The van der Waals surface area contributed by atoms with E-state index in [9.17, 15) is 18.8 Å². The Morgan fingerprint density at radius 1 is 0.895 bits per heavy atom. The largest absolute Gasteiger partial charge is 0.488 e. The van der Waals surface area contributed by atoms with Gasteiger partial charge in [0, 0.05) is 37.4 Å². The molecule has 2 saturated heterocycles. The van der Waals surface area contributed by atoms with Crippen LogP contribution in [0.15, 0.2) is 83.8 Å². The normalized spacial score (nSPS) is 16.9. The van der Waals surface area contributed by atoms with E-state index in [1.54, 1.807) is 47.4 Å². The average molecular weight is 532 g/mol. The van der Waals surface area contributed by atoms with Crippen LogP contribution in [0.25, 0.3) is 6.08 Å². The highest BCUT2D eigenvalue weighted by Crippen LogP contribution is 2.34. The van der Waals surface area contributed by atoms with E-state index < -0.39 is 11.1 Å². The molecule has 2 aliphatic rings. The van der Waals surface area contributed by atoms with Crippen LogP contribution < -0.4 is 9.64 Å². The summed E-state index contributed by atoms with van der Waals surface area (Å²) in [6, 6.07) is 23.2. The zero-order chi connectivity index (χ0) is 26.5. The number of imide groups is 1. The number of hydrogen-bond acceptors (Lipinski definition) is 6. The minimum Gasteiger partial charge on any atom is -0.488 e. The SMILES string of the molecule is O=C(CN1C(=O)S/C(=C/c2ccccc2OCc2ccc(F)cc2)C1=O)N1CCN(c2ccccc2)CC1. The second-order valence-corrected chi connectivity index (χ2v) is 9.92. The van der Waals surface area contributed by atoms with E-state index in [0.717, 1.165) is 27.9 Å². The molecule has 3 aromatic rings. The first-order chi connectivity index (χ1) is 18.5. The van der Waals surface area contributed by atoms with Crippen molar-refractivity contribution in [2.75, 3.05) is 37.6 Å². The van der Waals surface area contributed by atoms with E-state index in [1.165, 1.54) is 12.1 Å². The molecule has 0 aliphatic carbocycles. The lowest BCUT2D eigenvalue weighted by molar-refractivity contribution is -0.136. The zero-order valence-corrected chi connectivity index (χ0v) is 21.4. The number of halogens is 1. The maximum atomic E-state index is 13.2. The average Bonchev–Trinajstić information content (AvgIpc) is 3.21. The number of amides is 3. The number of carbonyl (C=O) groups is 3. The number of nitrogens with zero attached hydrogens (tertiary/aromatic N) is 3. The summed E-state index contributed by atoms with van der Waals surface area (Å²) >= 11 is 0.810. The van der Waals surface area contributed by atoms with Crippen molar-refractivity contribution < 1.29 is 23.5 Å². The molecule has 9 heteroatoms. The Morgan fingerprint density at radius 2 is 1.58 bits per heavy atom. The van der Waals surface area contributed by atoms with Gasteiger partial charge >= 0.3 is 0 Å². The molecule has 2 aliphatic heterocycles. The topological polar surface area (TPSA) is 70.2 Å². The number of hydrogen-bond donors (Lipinski definition) is 0. The van der Waals surface area contributed by atoms with E-state index >= 15 is 0 Å². The highest BCUT2D eigenvalue weighted by atomic mass is 32.2. The van der Waals surface area contributed by atoms with E-state index in [0.29, 0.717) is 37.5 Å². The molecular weight excluding hydrogens is 505 g/mol. The molecule has 7 nitrogen and oxygen atoms in total. The molecule has 0 aromatic heterocycles. The maximum Gasteiger partial charge on any atom is 0.294 e. The van der Waals surface area contributed by atoms with Crippen LogP contribution in [-0.4, -0.2) is 59.6 Å². The van der Waals surface area contributed by atoms with Crippen molar-refractivity contribution in [2.45, 2.75) is 6.61 Å². The van der Waals surface area contributed by atoms with E-state index in [2.05, 4.69) is 4.90 Å². The monoisotopic (exact) mass is 531 g/mol. The standard InChI is InChI=1S/C29H26FN3O4S/c30-23-12-10-21(11-13-23)20-37-25-9-5-4-6-22(25)18-26-28(35)33(29(36)38-26)19-27(34)32-16-14-31(15-17-32)24-7-2-1-3-8-24/h1-13,18H,14-17,19-20H2/b26-18+. The van der Waals surface area contributed by atoms with Crippen LogP contribution in [0, 0.1) is 5.82 Å². The molecule has 0 unspecified atom stereocenters. The molecule has 2 heterocycles. The zero-order valence-electron chi connectivity index (χ0n) is 20.6. The van der Waals surface area contributed by atoms with E-state index in [-0.39, 0.29) is 29.8 Å². The molecule has 3 amide bonds. The molecule has 5 rings (SSSR count). The van der Waals surface area contributed by atoms with Gasteiger partial charge in [0.25, 0.3) is 11.1 Å². The summed E-state index contributed by atoms with van der Waals surface area (Å²) in [6.45, 7) is 2.37. The first-order valence-electron chi connectivity index (χ1n) is 12.3. The minimum absolute atomic E-state index is 0.221.